The molecule has 106 valence electrons. The summed E-state index contributed by atoms with van der Waals surface area (Å²) in [6.45, 7) is 5.82. The number of hydrogen-bond acceptors (Lipinski definition) is 1. The van der Waals surface area contributed by atoms with E-state index in [1.165, 1.54) is 0 Å². The zero-order valence-electron chi connectivity index (χ0n) is 11.2. The molecule has 6 heteroatoms. The van der Waals surface area contributed by atoms with E-state index in [4.69, 9.17) is 5.11 Å². The third kappa shape index (κ3) is 2.74. The van der Waals surface area contributed by atoms with Gasteiger partial charge < -0.3 is 5.11 Å². The average Bonchev–Trinajstić information content (AvgIpc) is 2.39. The minimum atomic E-state index is -2.24. The van der Waals surface area contributed by atoms with E-state index in [0.29, 0.717) is 0 Å². The summed E-state index contributed by atoms with van der Waals surface area (Å²) in [4.78, 5) is 10.9. The Morgan fingerprint density at radius 2 is 1.74 bits per heavy atom. The number of hydrogen-bond donors (Lipinski definition) is 1. The predicted octanol–water partition coefficient (Wildman–Crippen LogP) is 4.14. The summed E-state index contributed by atoms with van der Waals surface area (Å²) in [6, 6.07) is 3.11. The van der Waals surface area contributed by atoms with Gasteiger partial charge in [0.2, 0.25) is 0 Å². The van der Waals surface area contributed by atoms with Crippen LogP contribution in [0.3, 0.4) is 0 Å². The lowest BCUT2D eigenvalue weighted by atomic mass is 10.2. The molecule has 0 aliphatic heterocycles. The van der Waals surface area contributed by atoms with E-state index >= 15 is 0 Å². The number of carboxylic acids is 1. The number of rotatable bonds is 5. The predicted molar refractivity (Wildman–Crippen MR) is 77.8 cm³/mol. The highest BCUT2D eigenvalue weighted by molar-refractivity contribution is 9.10. The Morgan fingerprint density at radius 3 is 2.11 bits per heavy atom. The largest absolute Gasteiger partial charge is 0.478 e. The maximum atomic E-state index is 14.4. The maximum absolute atomic E-state index is 14.4. The summed E-state index contributed by atoms with van der Waals surface area (Å²) in [7, 11) is -2.24. The molecule has 1 aromatic carbocycles. The zero-order chi connectivity index (χ0) is 14.8. The van der Waals surface area contributed by atoms with E-state index in [1.54, 1.807) is 0 Å². The summed E-state index contributed by atoms with van der Waals surface area (Å²) in [6.07, 6.45) is 0. The first kappa shape index (κ1) is 16.3. The highest BCUT2D eigenvalue weighted by atomic mass is 79.9. The first-order chi connectivity index (χ1) is 8.84. The number of aromatic carboxylic acids is 1. The van der Waals surface area contributed by atoms with Crippen LogP contribution in [0.5, 0.6) is 0 Å². The molecular weight excluding hydrogens is 334 g/mol. The van der Waals surface area contributed by atoms with E-state index < -0.39 is 25.7 Å². The molecule has 0 unspecified atom stereocenters. The van der Waals surface area contributed by atoms with Crippen molar-refractivity contribution < 1.29 is 18.7 Å². The van der Waals surface area contributed by atoms with Crippen molar-refractivity contribution >= 4 is 35.2 Å². The van der Waals surface area contributed by atoms with Crippen molar-refractivity contribution in [3.05, 3.63) is 27.7 Å². The normalized spacial score (nSPS) is 11.7. The van der Waals surface area contributed by atoms with Gasteiger partial charge in [-0.05, 0) is 22.0 Å². The van der Waals surface area contributed by atoms with Gasteiger partial charge in [0, 0.05) is 5.19 Å². The molecule has 0 heterocycles. The van der Waals surface area contributed by atoms with Crippen molar-refractivity contribution in [1.29, 1.82) is 0 Å². The molecular formula is C13H17BrF2O2Si. The van der Waals surface area contributed by atoms with Gasteiger partial charge in [0.05, 0.1) is 18.1 Å². The van der Waals surface area contributed by atoms with Crippen LogP contribution in [0.1, 0.15) is 31.1 Å². The molecule has 0 saturated heterocycles. The fraction of sp³-hybridized carbons (Fsp3) is 0.462. The van der Waals surface area contributed by atoms with Crippen LogP contribution in [0.15, 0.2) is 10.5 Å². The van der Waals surface area contributed by atoms with E-state index in [1.807, 2.05) is 20.8 Å². The van der Waals surface area contributed by atoms with Gasteiger partial charge in [0.1, 0.15) is 11.6 Å². The molecule has 0 fully saturated rings. The lowest BCUT2D eigenvalue weighted by Crippen LogP contribution is -2.49. The van der Waals surface area contributed by atoms with Crippen LogP contribution in [-0.2, 0) is 0 Å². The van der Waals surface area contributed by atoms with Crippen molar-refractivity contribution in [3.63, 3.8) is 0 Å². The van der Waals surface area contributed by atoms with Gasteiger partial charge in [-0.1, -0.05) is 38.9 Å². The SMILES string of the molecule is CC[Si](CC)(CC)c1c(F)cc(C(=O)O)c(Br)c1F. The highest BCUT2D eigenvalue weighted by Gasteiger charge is 2.36. The Morgan fingerprint density at radius 1 is 1.26 bits per heavy atom. The van der Waals surface area contributed by atoms with E-state index in [-0.39, 0.29) is 15.2 Å². The van der Waals surface area contributed by atoms with Crippen LogP contribution < -0.4 is 5.19 Å². The number of halogens is 3. The lowest BCUT2D eigenvalue weighted by Gasteiger charge is -2.30. The van der Waals surface area contributed by atoms with Crippen molar-refractivity contribution in [2.24, 2.45) is 0 Å². The third-order valence-electron chi connectivity index (χ3n) is 3.95. The molecule has 0 amide bonds. The van der Waals surface area contributed by atoms with Gasteiger partial charge in [-0.3, -0.25) is 0 Å². The van der Waals surface area contributed by atoms with Gasteiger partial charge in [0.25, 0.3) is 0 Å². The van der Waals surface area contributed by atoms with Gasteiger partial charge in [-0.25, -0.2) is 13.6 Å². The molecule has 0 spiro atoms. The molecule has 19 heavy (non-hydrogen) atoms. The fourth-order valence-electron chi connectivity index (χ4n) is 2.52. The molecule has 0 aliphatic carbocycles. The molecule has 0 atom stereocenters. The molecule has 0 saturated carbocycles. The minimum Gasteiger partial charge on any atom is -0.478 e. The zero-order valence-corrected chi connectivity index (χ0v) is 13.8. The highest BCUT2D eigenvalue weighted by Crippen LogP contribution is 2.28. The number of carbonyl (C=O) groups is 1. The lowest BCUT2D eigenvalue weighted by molar-refractivity contribution is 0.0694. The van der Waals surface area contributed by atoms with Crippen molar-refractivity contribution in [2.75, 3.05) is 0 Å². The average molecular weight is 351 g/mol. The first-order valence-corrected chi connectivity index (χ1v) is 9.67. The second kappa shape index (κ2) is 6.13. The van der Waals surface area contributed by atoms with E-state index in [2.05, 4.69) is 15.9 Å². The van der Waals surface area contributed by atoms with Gasteiger partial charge >= 0.3 is 5.97 Å². The van der Waals surface area contributed by atoms with Crippen LogP contribution in [0.4, 0.5) is 8.78 Å². The second-order valence-corrected chi connectivity index (χ2v) is 10.5. The Bertz CT molecular complexity index is 494. The van der Waals surface area contributed by atoms with Crippen molar-refractivity contribution in [3.8, 4) is 0 Å². The number of carboxylic acid groups (broad SMARTS) is 1. The van der Waals surface area contributed by atoms with Crippen LogP contribution in [0.2, 0.25) is 18.1 Å². The summed E-state index contributed by atoms with van der Waals surface area (Å²) in [5, 5.41) is 9.05. The fourth-order valence-corrected chi connectivity index (χ4v) is 6.91. The Balaban J connectivity index is 3.62. The molecule has 2 nitrogen and oxygen atoms in total. The van der Waals surface area contributed by atoms with Crippen LogP contribution in [-0.4, -0.2) is 19.1 Å². The topological polar surface area (TPSA) is 37.3 Å². The number of benzene rings is 1. The first-order valence-electron chi connectivity index (χ1n) is 6.25. The van der Waals surface area contributed by atoms with Gasteiger partial charge in [-0.15, -0.1) is 0 Å². The van der Waals surface area contributed by atoms with E-state index in [0.717, 1.165) is 24.2 Å². The molecule has 0 radical (unpaired) electrons. The van der Waals surface area contributed by atoms with Crippen LogP contribution in [0, 0.1) is 11.6 Å². The Labute approximate surface area is 121 Å². The smallest absolute Gasteiger partial charge is 0.337 e. The van der Waals surface area contributed by atoms with Crippen LogP contribution in [0.25, 0.3) is 0 Å². The summed E-state index contributed by atoms with van der Waals surface area (Å²) in [5.74, 6) is -2.81. The minimum absolute atomic E-state index is 0.122. The van der Waals surface area contributed by atoms with Crippen molar-refractivity contribution in [2.45, 2.75) is 38.9 Å². The molecule has 0 aliphatic rings. The standard InChI is InChI=1S/C13H17BrF2O2Si/c1-4-19(5-2,6-3)12-9(15)7-8(13(17)18)10(14)11(12)16/h7H,4-6H2,1-3H3,(H,17,18). The molecule has 1 rings (SSSR count). The Hall–Kier alpha value is -0.753. The Kier molecular flexibility index (Phi) is 5.26. The summed E-state index contributed by atoms with van der Waals surface area (Å²) >= 11 is 2.95. The van der Waals surface area contributed by atoms with E-state index in [9.17, 15) is 13.6 Å². The van der Waals surface area contributed by atoms with Gasteiger partial charge in [-0.2, -0.15) is 0 Å². The quantitative estimate of drug-likeness (QED) is 0.639. The van der Waals surface area contributed by atoms with Crippen molar-refractivity contribution in [1.82, 2.24) is 0 Å². The molecule has 1 N–H and O–H groups in total. The molecule has 0 bridgehead atoms. The second-order valence-electron chi connectivity index (χ2n) is 4.56. The molecule has 1 aromatic rings. The molecule has 0 aromatic heterocycles. The van der Waals surface area contributed by atoms with Crippen LogP contribution >= 0.6 is 15.9 Å². The monoisotopic (exact) mass is 350 g/mol. The third-order valence-corrected chi connectivity index (χ3v) is 10.3. The maximum Gasteiger partial charge on any atom is 0.337 e. The van der Waals surface area contributed by atoms with Gasteiger partial charge in [0.15, 0.2) is 0 Å². The summed E-state index contributed by atoms with van der Waals surface area (Å²) in [5.41, 5.74) is -0.370. The summed E-state index contributed by atoms with van der Waals surface area (Å²) < 4.78 is 28.5.